The molecule has 2 aliphatic heterocycles. The number of nitrogens with one attached hydrogen (secondary N) is 1. The Morgan fingerprint density at radius 3 is 2.47 bits per heavy atom. The summed E-state index contributed by atoms with van der Waals surface area (Å²) < 4.78 is 52.0. The Labute approximate surface area is 269 Å². The van der Waals surface area contributed by atoms with Gasteiger partial charge in [0.1, 0.15) is 11.9 Å². The lowest BCUT2D eigenvalue weighted by molar-refractivity contribution is -0.198. The van der Waals surface area contributed by atoms with Crippen LogP contribution in [-0.4, -0.2) is 67.8 Å². The van der Waals surface area contributed by atoms with Crippen molar-refractivity contribution in [3.63, 3.8) is 0 Å². The van der Waals surface area contributed by atoms with Gasteiger partial charge in [-0.15, -0.1) is 0 Å². The maximum Gasteiger partial charge on any atom is 0.429 e. The number of hydrogen-bond acceptors (Lipinski definition) is 9. The second-order valence-electron chi connectivity index (χ2n) is 12.4. The number of aliphatic hydroxyl groups is 1. The SMILES string of the molecule is Cc1ccn(-c2ccc(-c3ccc(C)c(CO)c3)cc2C(Oc2cc(N3CCC4(CC3)CNC(C(=O)O)C4)nc(N)n2)C(F)(F)F)n1. The first kappa shape index (κ1) is 32.3. The first-order valence-electron chi connectivity index (χ1n) is 15.3. The van der Waals surface area contributed by atoms with Crippen molar-refractivity contribution in [1.29, 1.82) is 0 Å². The zero-order valence-electron chi connectivity index (χ0n) is 26.0. The summed E-state index contributed by atoms with van der Waals surface area (Å²) in [5.74, 6) is -1.12. The minimum absolute atomic E-state index is 0.166. The van der Waals surface area contributed by atoms with Crippen molar-refractivity contribution in [2.45, 2.75) is 58.0 Å². The van der Waals surface area contributed by atoms with Crippen LogP contribution in [0, 0.1) is 19.3 Å². The van der Waals surface area contributed by atoms with Crippen molar-refractivity contribution in [2.24, 2.45) is 5.41 Å². The largest absolute Gasteiger partial charge is 0.480 e. The van der Waals surface area contributed by atoms with E-state index >= 15 is 0 Å². The Bertz CT molecular complexity index is 1790. The smallest absolute Gasteiger partial charge is 0.429 e. The third-order valence-electron chi connectivity index (χ3n) is 9.18. The lowest BCUT2D eigenvalue weighted by Crippen LogP contribution is -2.41. The molecule has 47 heavy (non-hydrogen) atoms. The highest BCUT2D eigenvalue weighted by molar-refractivity contribution is 5.74. The van der Waals surface area contributed by atoms with Gasteiger partial charge in [0.05, 0.1) is 18.0 Å². The number of hydrogen-bond donors (Lipinski definition) is 4. The van der Waals surface area contributed by atoms with Gasteiger partial charge in [0.25, 0.3) is 0 Å². The molecule has 5 N–H and O–H groups in total. The molecule has 0 amide bonds. The van der Waals surface area contributed by atoms with Crippen molar-refractivity contribution >= 4 is 17.7 Å². The number of ether oxygens (including phenoxy) is 1. The summed E-state index contributed by atoms with van der Waals surface area (Å²) in [5, 5.41) is 26.6. The van der Waals surface area contributed by atoms with Crippen LogP contribution in [0.4, 0.5) is 24.9 Å². The molecule has 14 heteroatoms. The summed E-state index contributed by atoms with van der Waals surface area (Å²) in [4.78, 5) is 21.7. The minimum atomic E-state index is -4.87. The van der Waals surface area contributed by atoms with Gasteiger partial charge in [-0.25, -0.2) is 4.68 Å². The van der Waals surface area contributed by atoms with Crippen LogP contribution in [0.1, 0.15) is 47.8 Å². The summed E-state index contributed by atoms with van der Waals surface area (Å²) in [5.41, 5.74) is 9.10. The van der Waals surface area contributed by atoms with Crippen LogP contribution >= 0.6 is 0 Å². The Morgan fingerprint density at radius 1 is 1.11 bits per heavy atom. The quantitative estimate of drug-likeness (QED) is 0.210. The zero-order valence-corrected chi connectivity index (χ0v) is 26.0. The Hall–Kier alpha value is -4.69. The minimum Gasteiger partial charge on any atom is -0.480 e. The maximum absolute atomic E-state index is 15.0. The van der Waals surface area contributed by atoms with Crippen molar-refractivity contribution in [3.05, 3.63) is 77.1 Å². The summed E-state index contributed by atoms with van der Waals surface area (Å²) in [6.45, 7) is 5.01. The van der Waals surface area contributed by atoms with Crippen LogP contribution in [0.25, 0.3) is 16.8 Å². The van der Waals surface area contributed by atoms with E-state index in [4.69, 9.17) is 10.5 Å². The number of aliphatic carboxylic acids is 1. The molecule has 2 aromatic carbocycles. The zero-order chi connectivity index (χ0) is 33.5. The fourth-order valence-electron chi connectivity index (χ4n) is 6.49. The Balaban J connectivity index is 1.34. The van der Waals surface area contributed by atoms with Crippen LogP contribution in [0.5, 0.6) is 5.88 Å². The van der Waals surface area contributed by atoms with Gasteiger partial charge in [-0.1, -0.05) is 18.2 Å². The Kier molecular flexibility index (Phi) is 8.57. The van der Waals surface area contributed by atoms with Gasteiger partial charge in [0, 0.05) is 37.5 Å². The van der Waals surface area contributed by atoms with Gasteiger partial charge in [0.15, 0.2) is 0 Å². The molecule has 4 heterocycles. The van der Waals surface area contributed by atoms with Gasteiger partial charge in [-0.3, -0.25) is 4.79 Å². The molecule has 4 aromatic rings. The van der Waals surface area contributed by atoms with Crippen LogP contribution in [0.15, 0.2) is 54.7 Å². The molecule has 2 aliphatic rings. The molecule has 248 valence electrons. The number of aromatic nitrogens is 4. The topological polar surface area (TPSA) is 152 Å². The predicted octanol–water partition coefficient (Wildman–Crippen LogP) is 4.74. The van der Waals surface area contributed by atoms with Crippen molar-refractivity contribution in [2.75, 3.05) is 30.3 Å². The van der Waals surface area contributed by atoms with Crippen molar-refractivity contribution in [3.8, 4) is 22.7 Å². The number of alkyl halides is 3. The van der Waals surface area contributed by atoms with Crippen LogP contribution in [0.3, 0.4) is 0 Å². The van der Waals surface area contributed by atoms with E-state index in [1.165, 1.54) is 16.8 Å². The molecule has 2 saturated heterocycles. The van der Waals surface area contributed by atoms with E-state index in [1.54, 1.807) is 43.5 Å². The molecule has 6 rings (SSSR count). The molecule has 0 bridgehead atoms. The van der Waals surface area contributed by atoms with Crippen LogP contribution in [-0.2, 0) is 11.4 Å². The fraction of sp³-hybridized carbons (Fsp3) is 0.394. The predicted molar refractivity (Wildman–Crippen MR) is 168 cm³/mol. The molecule has 2 aromatic heterocycles. The summed E-state index contributed by atoms with van der Waals surface area (Å²) in [7, 11) is 0. The van der Waals surface area contributed by atoms with Crippen molar-refractivity contribution in [1.82, 2.24) is 25.1 Å². The van der Waals surface area contributed by atoms with Crippen molar-refractivity contribution < 1.29 is 32.9 Å². The number of halogens is 3. The van der Waals surface area contributed by atoms with E-state index in [-0.39, 0.29) is 35.1 Å². The number of nitrogens with zero attached hydrogens (tertiary/aromatic N) is 5. The first-order chi connectivity index (χ1) is 22.3. The molecule has 1 spiro atoms. The normalized spacial score (nSPS) is 18.4. The lowest BCUT2D eigenvalue weighted by Gasteiger charge is -2.39. The highest BCUT2D eigenvalue weighted by Gasteiger charge is 2.46. The monoisotopic (exact) mass is 651 g/mol. The third-order valence-corrected chi connectivity index (χ3v) is 9.18. The number of nitrogens with two attached hydrogens (primary N) is 1. The molecular formula is C33H36F3N7O4. The number of benzene rings is 2. The van der Waals surface area contributed by atoms with E-state index in [9.17, 15) is 28.2 Å². The Morgan fingerprint density at radius 2 is 1.83 bits per heavy atom. The number of aryl methyl sites for hydroxylation is 2. The number of aliphatic hydroxyl groups excluding tert-OH is 1. The average molecular weight is 652 g/mol. The number of carboxylic acid groups (broad SMARTS) is 1. The van der Waals surface area contributed by atoms with Gasteiger partial charge in [0.2, 0.25) is 17.9 Å². The number of nitrogen functional groups attached to an aromatic ring is 1. The van der Waals surface area contributed by atoms with Gasteiger partial charge in [-0.05, 0) is 85.0 Å². The van der Waals surface area contributed by atoms with Gasteiger partial charge >= 0.3 is 12.1 Å². The van der Waals surface area contributed by atoms with Gasteiger partial charge < -0.3 is 30.9 Å². The van der Waals surface area contributed by atoms with E-state index in [2.05, 4.69) is 20.4 Å². The highest BCUT2D eigenvalue weighted by atomic mass is 19.4. The van der Waals surface area contributed by atoms with Gasteiger partial charge in [-0.2, -0.15) is 28.2 Å². The molecule has 2 unspecified atom stereocenters. The first-order valence-corrected chi connectivity index (χ1v) is 15.3. The second kappa shape index (κ2) is 12.5. The fourth-order valence-corrected chi connectivity index (χ4v) is 6.49. The van der Waals surface area contributed by atoms with E-state index < -0.39 is 24.3 Å². The summed E-state index contributed by atoms with van der Waals surface area (Å²) in [6, 6.07) is 12.5. The number of carbonyl (C=O) groups is 1. The molecule has 0 aliphatic carbocycles. The number of anilines is 2. The van der Waals surface area contributed by atoms with E-state index in [0.717, 1.165) is 5.56 Å². The summed E-state index contributed by atoms with van der Waals surface area (Å²) >= 11 is 0. The molecule has 2 fully saturated rings. The van der Waals surface area contributed by atoms with Crippen LogP contribution in [0.2, 0.25) is 0 Å². The van der Waals surface area contributed by atoms with E-state index in [1.807, 2.05) is 17.9 Å². The molecule has 0 radical (unpaired) electrons. The standard InChI is InChI=1S/C33H36F3N7O4/c1-19-3-4-21(13-23(19)17-44)22-5-6-26(43-10-7-20(2)41-43)24(14-22)29(33(34,35)36)47-28-15-27(39-31(37)40-28)42-11-8-32(9-12-42)16-25(30(45)46)38-18-32/h3-7,10,13-15,25,29,38,44H,8-9,11-12,16-18H2,1-2H3,(H,45,46)(H2,37,39,40). The van der Waals surface area contributed by atoms with Crippen LogP contribution < -0.4 is 20.7 Å². The highest BCUT2D eigenvalue weighted by Crippen LogP contribution is 2.43. The third kappa shape index (κ3) is 6.74. The number of carboxylic acids is 1. The number of piperidine rings is 1. The molecular weight excluding hydrogens is 615 g/mol. The molecule has 2 atom stereocenters. The second-order valence-corrected chi connectivity index (χ2v) is 12.4. The summed E-state index contributed by atoms with van der Waals surface area (Å²) in [6.07, 6.45) is -3.84. The average Bonchev–Trinajstić information content (AvgIpc) is 3.66. The molecule has 0 saturated carbocycles. The maximum atomic E-state index is 15.0. The number of rotatable bonds is 8. The van der Waals surface area contributed by atoms with E-state index in [0.29, 0.717) is 67.1 Å². The lowest BCUT2D eigenvalue weighted by atomic mass is 9.76. The molecule has 11 nitrogen and oxygen atoms in total.